The molecule has 0 saturated carbocycles. The molecule has 0 spiro atoms. The van der Waals surface area contributed by atoms with Crippen molar-refractivity contribution in [3.05, 3.63) is 35.2 Å². The molecule has 1 unspecified atom stereocenters. The zero-order valence-electron chi connectivity index (χ0n) is 10.7. The Labute approximate surface area is 98.0 Å². The molecule has 88 valence electrons. The topological polar surface area (TPSA) is 37.8 Å². The van der Waals surface area contributed by atoms with E-state index in [2.05, 4.69) is 35.1 Å². The van der Waals surface area contributed by atoms with E-state index in [9.17, 15) is 0 Å². The van der Waals surface area contributed by atoms with Crippen molar-refractivity contribution in [1.29, 1.82) is 0 Å². The van der Waals surface area contributed by atoms with Gasteiger partial charge in [-0.05, 0) is 45.4 Å². The van der Waals surface area contributed by atoms with Crippen LogP contribution >= 0.6 is 0 Å². The van der Waals surface area contributed by atoms with Crippen molar-refractivity contribution >= 4 is 0 Å². The quantitative estimate of drug-likeness (QED) is 0.774. The molecule has 1 aromatic rings. The first-order valence-electron chi connectivity index (χ1n) is 5.73. The molecule has 0 saturated heterocycles. The second kappa shape index (κ2) is 5.75. The van der Waals surface area contributed by atoms with Crippen molar-refractivity contribution in [1.82, 2.24) is 15.5 Å². The molecule has 0 radical (unpaired) electrons. The van der Waals surface area contributed by atoms with Crippen LogP contribution < -0.4 is 5.32 Å². The lowest BCUT2D eigenvalue weighted by molar-refractivity contribution is 0.573. The largest absolute Gasteiger partial charge is 0.313 e. The second-order valence-electron chi connectivity index (χ2n) is 4.18. The minimum atomic E-state index is 0.293. The van der Waals surface area contributed by atoms with Crippen LogP contribution in [-0.4, -0.2) is 17.2 Å². The fourth-order valence-corrected chi connectivity index (χ4v) is 1.72. The summed E-state index contributed by atoms with van der Waals surface area (Å²) in [4.78, 5) is 0. The minimum Gasteiger partial charge on any atom is -0.313 e. The van der Waals surface area contributed by atoms with Gasteiger partial charge in [-0.3, -0.25) is 0 Å². The molecule has 0 amide bonds. The molecule has 0 aliphatic carbocycles. The van der Waals surface area contributed by atoms with Crippen molar-refractivity contribution in [3.63, 3.8) is 0 Å². The average Bonchev–Trinajstić information content (AvgIpc) is 2.29. The molecule has 1 N–H and O–H groups in total. The first-order chi connectivity index (χ1) is 7.58. The zero-order valence-corrected chi connectivity index (χ0v) is 10.7. The van der Waals surface area contributed by atoms with Gasteiger partial charge < -0.3 is 5.32 Å². The summed E-state index contributed by atoms with van der Waals surface area (Å²) in [5.41, 5.74) is 4.44. The van der Waals surface area contributed by atoms with Crippen LogP contribution in [0, 0.1) is 13.8 Å². The van der Waals surface area contributed by atoms with Crippen LogP contribution in [0.3, 0.4) is 0 Å². The summed E-state index contributed by atoms with van der Waals surface area (Å²) < 4.78 is 0. The van der Waals surface area contributed by atoms with Crippen molar-refractivity contribution in [2.45, 2.75) is 39.7 Å². The Hall–Kier alpha value is -1.22. The number of nitrogens with one attached hydrogen (secondary N) is 1. The summed E-state index contributed by atoms with van der Waals surface area (Å²) in [6.07, 6.45) is 1.98. The maximum Gasteiger partial charge on any atom is 0.0648 e. The highest BCUT2D eigenvalue weighted by molar-refractivity contribution is 5.25. The average molecular weight is 219 g/mol. The Kier molecular flexibility index (Phi) is 4.62. The van der Waals surface area contributed by atoms with Gasteiger partial charge in [-0.1, -0.05) is 19.1 Å². The Morgan fingerprint density at radius 3 is 2.69 bits per heavy atom. The normalized spacial score (nSPS) is 12.5. The maximum absolute atomic E-state index is 4.16. The van der Waals surface area contributed by atoms with Crippen LogP contribution in [-0.2, 0) is 0 Å². The van der Waals surface area contributed by atoms with Crippen LogP contribution in [0.15, 0.2) is 18.2 Å². The predicted molar refractivity (Wildman–Crippen MR) is 67.4 cm³/mol. The van der Waals surface area contributed by atoms with Crippen molar-refractivity contribution in [2.75, 3.05) is 7.05 Å². The Bertz CT molecular complexity index is 371. The molecular formula is C13H21N3. The third-order valence-corrected chi connectivity index (χ3v) is 2.86. The van der Waals surface area contributed by atoms with E-state index in [0.29, 0.717) is 6.04 Å². The summed E-state index contributed by atoms with van der Waals surface area (Å²) in [6.45, 7) is 10.2. The van der Waals surface area contributed by atoms with E-state index >= 15 is 0 Å². The van der Waals surface area contributed by atoms with Gasteiger partial charge in [0.15, 0.2) is 0 Å². The first kappa shape index (κ1) is 12.8. The standard InChI is InChI=1S/C13H21N3/c1-6-9(2)7-13(14-5)12-8-10(3)15-16-11(12)4/h8,13-14H,2,6-7H2,1,3-5H3. The van der Waals surface area contributed by atoms with Gasteiger partial charge in [0, 0.05) is 6.04 Å². The van der Waals surface area contributed by atoms with E-state index in [1.807, 2.05) is 20.9 Å². The lowest BCUT2D eigenvalue weighted by Gasteiger charge is -2.19. The molecule has 1 rings (SSSR count). The number of rotatable bonds is 5. The van der Waals surface area contributed by atoms with Crippen LogP contribution in [0.1, 0.15) is 42.8 Å². The second-order valence-corrected chi connectivity index (χ2v) is 4.18. The molecule has 16 heavy (non-hydrogen) atoms. The Morgan fingerprint density at radius 1 is 1.44 bits per heavy atom. The smallest absolute Gasteiger partial charge is 0.0648 e. The number of nitrogens with zero attached hydrogens (tertiary/aromatic N) is 2. The summed E-state index contributed by atoms with van der Waals surface area (Å²) in [6, 6.07) is 2.40. The molecule has 0 fully saturated rings. The highest BCUT2D eigenvalue weighted by Gasteiger charge is 2.14. The van der Waals surface area contributed by atoms with E-state index in [1.54, 1.807) is 0 Å². The molecule has 0 aliphatic heterocycles. The molecule has 1 atom stereocenters. The summed E-state index contributed by atoms with van der Waals surface area (Å²) in [5.74, 6) is 0. The lowest BCUT2D eigenvalue weighted by atomic mass is 9.97. The zero-order chi connectivity index (χ0) is 12.1. The maximum atomic E-state index is 4.16. The third-order valence-electron chi connectivity index (χ3n) is 2.86. The van der Waals surface area contributed by atoms with E-state index in [-0.39, 0.29) is 0 Å². The summed E-state index contributed by atoms with van der Waals surface area (Å²) >= 11 is 0. The molecule has 0 aliphatic rings. The minimum absolute atomic E-state index is 0.293. The van der Waals surface area contributed by atoms with E-state index in [0.717, 1.165) is 24.2 Å². The number of hydrogen-bond acceptors (Lipinski definition) is 3. The fourth-order valence-electron chi connectivity index (χ4n) is 1.72. The molecule has 3 nitrogen and oxygen atoms in total. The highest BCUT2D eigenvalue weighted by Crippen LogP contribution is 2.23. The Balaban J connectivity index is 2.94. The van der Waals surface area contributed by atoms with Crippen molar-refractivity contribution in [3.8, 4) is 0 Å². The van der Waals surface area contributed by atoms with E-state index < -0.39 is 0 Å². The van der Waals surface area contributed by atoms with Gasteiger partial charge in [-0.2, -0.15) is 10.2 Å². The van der Waals surface area contributed by atoms with Gasteiger partial charge in [0.25, 0.3) is 0 Å². The first-order valence-corrected chi connectivity index (χ1v) is 5.73. The Morgan fingerprint density at radius 2 is 2.12 bits per heavy atom. The van der Waals surface area contributed by atoms with Gasteiger partial charge in [0.1, 0.15) is 0 Å². The van der Waals surface area contributed by atoms with Gasteiger partial charge in [-0.25, -0.2) is 0 Å². The lowest BCUT2D eigenvalue weighted by Crippen LogP contribution is -2.19. The molecule has 0 aromatic carbocycles. The highest BCUT2D eigenvalue weighted by atomic mass is 15.1. The van der Waals surface area contributed by atoms with Gasteiger partial charge in [0.05, 0.1) is 11.4 Å². The summed E-state index contributed by atoms with van der Waals surface area (Å²) in [5, 5.41) is 11.5. The number of aromatic nitrogens is 2. The van der Waals surface area contributed by atoms with Crippen molar-refractivity contribution < 1.29 is 0 Å². The SMILES string of the molecule is C=C(CC)CC(NC)c1cc(C)nnc1C. The molecule has 1 aromatic heterocycles. The van der Waals surface area contributed by atoms with E-state index in [1.165, 1.54) is 11.1 Å². The molecule has 3 heteroatoms. The van der Waals surface area contributed by atoms with Crippen LogP contribution in [0.5, 0.6) is 0 Å². The van der Waals surface area contributed by atoms with Crippen molar-refractivity contribution in [2.24, 2.45) is 0 Å². The third kappa shape index (κ3) is 3.14. The molecule has 0 bridgehead atoms. The molecule has 1 heterocycles. The van der Waals surface area contributed by atoms with Gasteiger partial charge in [0.2, 0.25) is 0 Å². The van der Waals surface area contributed by atoms with Gasteiger partial charge >= 0.3 is 0 Å². The fraction of sp³-hybridized carbons (Fsp3) is 0.538. The monoisotopic (exact) mass is 219 g/mol. The number of hydrogen-bond donors (Lipinski definition) is 1. The predicted octanol–water partition coefficient (Wildman–Crippen LogP) is 2.71. The number of aryl methyl sites for hydroxylation is 2. The van der Waals surface area contributed by atoms with Crippen LogP contribution in [0.2, 0.25) is 0 Å². The van der Waals surface area contributed by atoms with Crippen LogP contribution in [0.25, 0.3) is 0 Å². The molecular weight excluding hydrogens is 198 g/mol. The van der Waals surface area contributed by atoms with Gasteiger partial charge in [-0.15, -0.1) is 0 Å². The summed E-state index contributed by atoms with van der Waals surface area (Å²) in [7, 11) is 1.98. The van der Waals surface area contributed by atoms with E-state index in [4.69, 9.17) is 0 Å². The van der Waals surface area contributed by atoms with Crippen LogP contribution in [0.4, 0.5) is 0 Å².